The highest BCUT2D eigenvalue weighted by Crippen LogP contribution is 2.25. The van der Waals surface area contributed by atoms with E-state index in [1.165, 1.54) is 39.0 Å². The summed E-state index contributed by atoms with van der Waals surface area (Å²) in [5, 5.41) is 5.71. The van der Waals surface area contributed by atoms with Crippen LogP contribution in [0, 0.1) is 0 Å². The van der Waals surface area contributed by atoms with Gasteiger partial charge in [0, 0.05) is 37.2 Å². The number of fused-ring (bicyclic) bond motifs is 1. The van der Waals surface area contributed by atoms with Crippen molar-refractivity contribution in [3.63, 3.8) is 0 Å². The quantitative estimate of drug-likeness (QED) is 0.499. The minimum absolute atomic E-state index is 0.181. The maximum absolute atomic E-state index is 12.8. The van der Waals surface area contributed by atoms with Crippen LogP contribution in [0.1, 0.15) is 49.4 Å². The van der Waals surface area contributed by atoms with Crippen molar-refractivity contribution in [2.45, 2.75) is 45.1 Å². The number of hydrogen-bond donors (Lipinski definition) is 3. The number of anilines is 1. The van der Waals surface area contributed by atoms with E-state index in [-0.39, 0.29) is 17.5 Å². The number of likely N-dealkylation sites (N-methyl/N-ethyl adjacent to an activating group) is 1. The van der Waals surface area contributed by atoms with Gasteiger partial charge in [0.1, 0.15) is 5.69 Å². The van der Waals surface area contributed by atoms with Crippen LogP contribution in [0.3, 0.4) is 0 Å². The van der Waals surface area contributed by atoms with Crippen molar-refractivity contribution in [2.75, 3.05) is 25.5 Å². The normalized spacial score (nSPS) is 14.3. The molecule has 0 unspecified atom stereocenters. The second-order valence-electron chi connectivity index (χ2n) is 8.90. The van der Waals surface area contributed by atoms with Gasteiger partial charge >= 0.3 is 0 Å². The molecule has 3 aromatic rings. The molecule has 4 rings (SSSR count). The van der Waals surface area contributed by atoms with E-state index in [2.05, 4.69) is 32.5 Å². The van der Waals surface area contributed by atoms with E-state index in [0.717, 1.165) is 6.54 Å². The summed E-state index contributed by atoms with van der Waals surface area (Å²) in [5.74, 6) is -0.412. The molecule has 1 fully saturated rings. The highest BCUT2D eigenvalue weighted by Gasteiger charge is 2.18. The van der Waals surface area contributed by atoms with Crippen molar-refractivity contribution in [2.24, 2.45) is 0 Å². The van der Waals surface area contributed by atoms with Crippen LogP contribution in [-0.2, 0) is 4.79 Å². The molecule has 3 N–H and O–H groups in total. The molecule has 8 heteroatoms. The number of aromatic nitrogens is 2. The van der Waals surface area contributed by atoms with E-state index >= 15 is 0 Å². The Morgan fingerprint density at radius 2 is 1.88 bits per heavy atom. The van der Waals surface area contributed by atoms with Gasteiger partial charge in [-0.1, -0.05) is 37.5 Å². The molecule has 0 spiro atoms. The Kier molecular flexibility index (Phi) is 7.37. The summed E-state index contributed by atoms with van der Waals surface area (Å²) in [5.41, 5.74) is 2.37. The van der Waals surface area contributed by atoms with Crippen molar-refractivity contribution < 1.29 is 9.59 Å². The average molecular weight is 462 g/mol. The summed E-state index contributed by atoms with van der Waals surface area (Å²) in [7, 11) is 2.12. The lowest BCUT2D eigenvalue weighted by Crippen LogP contribution is -2.39. The first kappa shape index (κ1) is 23.6. The SMILES string of the molecule is CC(=O)Nc1ccccc1-c1nc2ccc(C(=O)NCCN(C)C3CCCCC3)cc2[nH]c1=O. The Balaban J connectivity index is 1.48. The zero-order valence-corrected chi connectivity index (χ0v) is 19.7. The second-order valence-corrected chi connectivity index (χ2v) is 8.90. The minimum Gasteiger partial charge on any atom is -0.351 e. The van der Waals surface area contributed by atoms with E-state index in [0.29, 0.717) is 40.4 Å². The van der Waals surface area contributed by atoms with Crippen molar-refractivity contribution in [3.05, 3.63) is 58.4 Å². The Morgan fingerprint density at radius 1 is 1.12 bits per heavy atom. The summed E-state index contributed by atoms with van der Waals surface area (Å²) in [6, 6.07) is 12.7. The Bertz CT molecular complexity index is 1250. The van der Waals surface area contributed by atoms with Crippen LogP contribution in [0.25, 0.3) is 22.3 Å². The fraction of sp³-hybridized carbons (Fsp3) is 0.385. The summed E-state index contributed by atoms with van der Waals surface area (Å²) in [6.07, 6.45) is 6.35. The van der Waals surface area contributed by atoms with Crippen LogP contribution in [0.2, 0.25) is 0 Å². The number of nitrogens with zero attached hydrogens (tertiary/aromatic N) is 2. The van der Waals surface area contributed by atoms with Gasteiger partial charge in [-0.05, 0) is 44.2 Å². The monoisotopic (exact) mass is 461 g/mol. The second kappa shape index (κ2) is 10.6. The standard InChI is InChI=1S/C26H31N5O3/c1-17(32)28-21-11-7-6-10-20(21)24-26(34)30-23-16-18(12-13-22(23)29-24)25(33)27-14-15-31(2)19-8-4-3-5-9-19/h6-7,10-13,16,19H,3-5,8-9,14-15H2,1-2H3,(H,27,33)(H,28,32)(H,30,34). The van der Waals surface area contributed by atoms with Crippen molar-refractivity contribution >= 4 is 28.5 Å². The number of hydrogen-bond acceptors (Lipinski definition) is 5. The highest BCUT2D eigenvalue weighted by atomic mass is 16.2. The molecule has 0 aliphatic heterocycles. The molecular weight excluding hydrogens is 430 g/mol. The molecule has 1 saturated carbocycles. The molecule has 0 atom stereocenters. The van der Waals surface area contributed by atoms with Crippen LogP contribution >= 0.6 is 0 Å². The number of nitrogens with one attached hydrogen (secondary N) is 3. The molecule has 2 aromatic carbocycles. The third kappa shape index (κ3) is 5.51. The lowest BCUT2D eigenvalue weighted by atomic mass is 9.94. The first-order valence-corrected chi connectivity index (χ1v) is 11.8. The van der Waals surface area contributed by atoms with Crippen molar-refractivity contribution in [1.82, 2.24) is 20.2 Å². The van der Waals surface area contributed by atoms with Gasteiger partial charge in [-0.2, -0.15) is 0 Å². The third-order valence-electron chi connectivity index (χ3n) is 6.40. The first-order chi connectivity index (χ1) is 16.4. The summed E-state index contributed by atoms with van der Waals surface area (Å²) in [6.45, 7) is 2.78. The lowest BCUT2D eigenvalue weighted by Gasteiger charge is -2.31. The predicted molar refractivity (Wildman–Crippen MR) is 134 cm³/mol. The van der Waals surface area contributed by atoms with E-state index < -0.39 is 5.56 Å². The maximum Gasteiger partial charge on any atom is 0.275 e. The number of amides is 2. The van der Waals surface area contributed by atoms with E-state index in [9.17, 15) is 14.4 Å². The number of para-hydroxylation sites is 1. The van der Waals surface area contributed by atoms with Gasteiger partial charge in [-0.25, -0.2) is 4.98 Å². The largest absolute Gasteiger partial charge is 0.351 e. The molecule has 0 bridgehead atoms. The fourth-order valence-corrected chi connectivity index (χ4v) is 4.55. The van der Waals surface area contributed by atoms with Gasteiger partial charge in [0.05, 0.1) is 16.7 Å². The molecular formula is C26H31N5O3. The van der Waals surface area contributed by atoms with Crippen LogP contribution in [0.15, 0.2) is 47.3 Å². The zero-order chi connectivity index (χ0) is 24.1. The molecule has 34 heavy (non-hydrogen) atoms. The van der Waals surface area contributed by atoms with Gasteiger partial charge < -0.3 is 20.5 Å². The zero-order valence-electron chi connectivity index (χ0n) is 19.7. The van der Waals surface area contributed by atoms with Gasteiger partial charge in [0.25, 0.3) is 11.5 Å². The van der Waals surface area contributed by atoms with Crippen LogP contribution < -0.4 is 16.2 Å². The number of benzene rings is 2. The molecule has 2 amide bonds. The Labute approximate surface area is 198 Å². The third-order valence-corrected chi connectivity index (χ3v) is 6.40. The molecule has 0 radical (unpaired) electrons. The van der Waals surface area contributed by atoms with Gasteiger partial charge in [-0.3, -0.25) is 14.4 Å². The molecule has 1 heterocycles. The van der Waals surface area contributed by atoms with E-state index in [1.54, 1.807) is 42.5 Å². The predicted octanol–water partition coefficient (Wildman–Crippen LogP) is 3.54. The number of carbonyl (C=O) groups is 2. The molecule has 1 aliphatic carbocycles. The summed E-state index contributed by atoms with van der Waals surface area (Å²) in [4.78, 5) is 46.7. The van der Waals surface area contributed by atoms with Crippen molar-refractivity contribution in [1.29, 1.82) is 0 Å². The van der Waals surface area contributed by atoms with Gasteiger partial charge in [0.15, 0.2) is 0 Å². The Hall–Kier alpha value is -3.52. The number of carbonyl (C=O) groups excluding carboxylic acids is 2. The minimum atomic E-state index is -0.392. The van der Waals surface area contributed by atoms with E-state index in [4.69, 9.17) is 0 Å². The smallest absolute Gasteiger partial charge is 0.275 e. The summed E-state index contributed by atoms with van der Waals surface area (Å²) >= 11 is 0. The summed E-state index contributed by atoms with van der Waals surface area (Å²) < 4.78 is 0. The molecule has 1 aromatic heterocycles. The molecule has 0 saturated heterocycles. The van der Waals surface area contributed by atoms with Crippen molar-refractivity contribution in [3.8, 4) is 11.3 Å². The van der Waals surface area contributed by atoms with Gasteiger partial charge in [-0.15, -0.1) is 0 Å². The highest BCUT2D eigenvalue weighted by molar-refractivity contribution is 5.98. The Morgan fingerprint density at radius 3 is 2.65 bits per heavy atom. The lowest BCUT2D eigenvalue weighted by molar-refractivity contribution is -0.114. The fourth-order valence-electron chi connectivity index (χ4n) is 4.55. The number of aromatic amines is 1. The number of H-pyrrole nitrogens is 1. The molecule has 8 nitrogen and oxygen atoms in total. The van der Waals surface area contributed by atoms with Gasteiger partial charge in [0.2, 0.25) is 5.91 Å². The van der Waals surface area contributed by atoms with Crippen LogP contribution in [0.5, 0.6) is 0 Å². The maximum atomic E-state index is 12.8. The topological polar surface area (TPSA) is 107 Å². The van der Waals surface area contributed by atoms with Crippen LogP contribution in [0.4, 0.5) is 5.69 Å². The first-order valence-electron chi connectivity index (χ1n) is 11.8. The number of rotatable bonds is 7. The van der Waals surface area contributed by atoms with E-state index in [1.807, 2.05) is 0 Å². The molecule has 178 valence electrons. The molecule has 1 aliphatic rings. The van der Waals surface area contributed by atoms with Crippen LogP contribution in [-0.4, -0.2) is 52.9 Å². The average Bonchev–Trinajstić information content (AvgIpc) is 2.83.